The van der Waals surface area contributed by atoms with Crippen molar-refractivity contribution in [2.75, 3.05) is 11.9 Å². The molecule has 10 heteroatoms. The van der Waals surface area contributed by atoms with Crippen molar-refractivity contribution in [1.29, 1.82) is 0 Å². The molecular formula is C20H18F3N3O4. The van der Waals surface area contributed by atoms with Gasteiger partial charge in [0.2, 0.25) is 5.88 Å². The Labute approximate surface area is 169 Å². The van der Waals surface area contributed by atoms with Crippen LogP contribution in [-0.2, 0) is 11.0 Å². The van der Waals surface area contributed by atoms with E-state index in [1.54, 1.807) is 19.9 Å². The average Bonchev–Trinajstić information content (AvgIpc) is 2.65. The van der Waals surface area contributed by atoms with Crippen LogP contribution in [0.3, 0.4) is 0 Å². The van der Waals surface area contributed by atoms with Crippen molar-refractivity contribution in [3.8, 4) is 5.88 Å². The highest BCUT2D eigenvalue weighted by molar-refractivity contribution is 5.98. The summed E-state index contributed by atoms with van der Waals surface area (Å²) in [5.41, 5.74) is -0.943. The largest absolute Gasteiger partial charge is 0.478 e. The van der Waals surface area contributed by atoms with Crippen LogP contribution in [0.4, 0.5) is 24.5 Å². The SMILES string of the molecule is CCOc1nccc2c1C(c1ccc([N+](=O)[O-])cc1C(F)(F)F)C(C(C)=O)=C(C)N2. The molecule has 158 valence electrons. The van der Waals surface area contributed by atoms with Crippen molar-refractivity contribution in [1.82, 2.24) is 4.98 Å². The van der Waals surface area contributed by atoms with Gasteiger partial charge in [-0.1, -0.05) is 6.07 Å². The highest BCUT2D eigenvalue weighted by atomic mass is 19.4. The maximum atomic E-state index is 13.9. The van der Waals surface area contributed by atoms with E-state index in [0.29, 0.717) is 17.5 Å². The van der Waals surface area contributed by atoms with E-state index < -0.39 is 34.1 Å². The maximum absolute atomic E-state index is 13.9. The summed E-state index contributed by atoms with van der Waals surface area (Å²) in [6, 6.07) is 4.10. The smallest absolute Gasteiger partial charge is 0.416 e. The van der Waals surface area contributed by atoms with Crippen molar-refractivity contribution in [3.63, 3.8) is 0 Å². The molecule has 0 amide bonds. The quantitative estimate of drug-likeness (QED) is 0.549. The summed E-state index contributed by atoms with van der Waals surface area (Å²) >= 11 is 0. The molecule has 1 aromatic carbocycles. The molecule has 1 aliphatic rings. The Balaban J connectivity index is 2.39. The van der Waals surface area contributed by atoms with Crippen LogP contribution < -0.4 is 10.1 Å². The standard InChI is InChI=1S/C20H18F3N3O4/c1-4-30-19-18-15(7-8-24-19)25-10(2)16(11(3)27)17(18)13-6-5-12(26(28)29)9-14(13)20(21,22)23/h5-9,17,25H,4H2,1-3H3. The zero-order chi connectivity index (χ0) is 22.2. The number of hydrogen-bond donors (Lipinski definition) is 1. The lowest BCUT2D eigenvalue weighted by molar-refractivity contribution is -0.385. The number of nitrogens with zero attached hydrogens (tertiary/aromatic N) is 2. The Hall–Kier alpha value is -3.43. The molecule has 1 N–H and O–H groups in total. The van der Waals surface area contributed by atoms with Gasteiger partial charge in [0.15, 0.2) is 5.78 Å². The van der Waals surface area contributed by atoms with Crippen molar-refractivity contribution in [3.05, 3.63) is 68.5 Å². The van der Waals surface area contributed by atoms with Gasteiger partial charge in [0, 0.05) is 46.8 Å². The number of allylic oxidation sites excluding steroid dienone is 2. The normalized spacial score (nSPS) is 16.0. The van der Waals surface area contributed by atoms with Crippen LogP contribution in [0.25, 0.3) is 0 Å². The van der Waals surface area contributed by atoms with Crippen molar-refractivity contribution >= 4 is 17.2 Å². The number of carbonyl (C=O) groups excluding carboxylic acids is 1. The summed E-state index contributed by atoms with van der Waals surface area (Å²) in [5.74, 6) is -1.51. The molecule has 7 nitrogen and oxygen atoms in total. The number of nitro groups is 1. The van der Waals surface area contributed by atoms with Gasteiger partial charge in [-0.25, -0.2) is 4.98 Å². The number of nitro benzene ring substituents is 1. The number of Topliss-reactive ketones (excluding diaryl/α,β-unsaturated/α-hetero) is 1. The van der Waals surface area contributed by atoms with Gasteiger partial charge in [0.25, 0.3) is 5.69 Å². The van der Waals surface area contributed by atoms with Gasteiger partial charge in [0.1, 0.15) is 0 Å². The Bertz CT molecular complexity index is 1060. The first-order valence-electron chi connectivity index (χ1n) is 9.02. The number of non-ortho nitro benzene ring substituents is 1. The first-order valence-corrected chi connectivity index (χ1v) is 9.02. The molecule has 0 radical (unpaired) electrons. The molecule has 1 aromatic heterocycles. The Morgan fingerprint density at radius 2 is 2.03 bits per heavy atom. The predicted molar refractivity (Wildman–Crippen MR) is 102 cm³/mol. The van der Waals surface area contributed by atoms with E-state index in [4.69, 9.17) is 4.74 Å². The van der Waals surface area contributed by atoms with Crippen LogP contribution in [0.2, 0.25) is 0 Å². The minimum atomic E-state index is -4.88. The van der Waals surface area contributed by atoms with Crippen LogP contribution in [-0.4, -0.2) is 22.3 Å². The third-order valence-electron chi connectivity index (χ3n) is 4.78. The lowest BCUT2D eigenvalue weighted by atomic mass is 9.77. The second kappa shape index (κ2) is 7.77. The number of carbonyl (C=O) groups is 1. The Morgan fingerprint density at radius 3 is 2.60 bits per heavy atom. The van der Waals surface area contributed by atoms with Crippen molar-refractivity contribution in [2.24, 2.45) is 0 Å². The van der Waals surface area contributed by atoms with Gasteiger partial charge in [-0.15, -0.1) is 0 Å². The van der Waals surface area contributed by atoms with Gasteiger partial charge in [-0.2, -0.15) is 13.2 Å². The number of alkyl halides is 3. The number of anilines is 1. The first-order chi connectivity index (χ1) is 14.1. The van der Waals surface area contributed by atoms with E-state index in [-0.39, 0.29) is 29.2 Å². The maximum Gasteiger partial charge on any atom is 0.416 e. The number of rotatable bonds is 5. The summed E-state index contributed by atoms with van der Waals surface area (Å²) < 4.78 is 47.3. The zero-order valence-electron chi connectivity index (χ0n) is 16.3. The van der Waals surface area contributed by atoms with Crippen LogP contribution in [0, 0.1) is 10.1 Å². The molecule has 0 fully saturated rings. The molecule has 0 aliphatic carbocycles. The van der Waals surface area contributed by atoms with Gasteiger partial charge in [-0.3, -0.25) is 14.9 Å². The first kappa shape index (κ1) is 21.3. The molecule has 0 saturated carbocycles. The molecular weight excluding hydrogens is 403 g/mol. The van der Waals surface area contributed by atoms with Gasteiger partial charge in [-0.05, 0) is 32.4 Å². The van der Waals surface area contributed by atoms with E-state index in [9.17, 15) is 28.1 Å². The molecule has 2 aromatic rings. The minimum Gasteiger partial charge on any atom is -0.478 e. The topological polar surface area (TPSA) is 94.4 Å². The van der Waals surface area contributed by atoms with Crippen LogP contribution >= 0.6 is 0 Å². The monoisotopic (exact) mass is 421 g/mol. The highest BCUT2D eigenvalue weighted by Crippen LogP contribution is 2.49. The molecule has 0 bridgehead atoms. The second-order valence-electron chi connectivity index (χ2n) is 6.69. The average molecular weight is 421 g/mol. The van der Waals surface area contributed by atoms with Gasteiger partial charge < -0.3 is 10.1 Å². The molecule has 30 heavy (non-hydrogen) atoms. The summed E-state index contributed by atoms with van der Waals surface area (Å²) in [4.78, 5) is 26.8. The van der Waals surface area contributed by atoms with E-state index in [1.165, 1.54) is 13.1 Å². The van der Waals surface area contributed by atoms with E-state index >= 15 is 0 Å². The highest BCUT2D eigenvalue weighted by Gasteiger charge is 2.42. The summed E-state index contributed by atoms with van der Waals surface area (Å²) in [5, 5.41) is 14.1. The number of ether oxygens (including phenoxy) is 1. The summed E-state index contributed by atoms with van der Waals surface area (Å²) in [6.07, 6.45) is -3.43. The molecule has 3 rings (SSSR count). The van der Waals surface area contributed by atoms with Crippen molar-refractivity contribution < 1.29 is 27.6 Å². The van der Waals surface area contributed by atoms with E-state index in [0.717, 1.165) is 12.1 Å². The second-order valence-corrected chi connectivity index (χ2v) is 6.69. The number of aromatic nitrogens is 1. The Morgan fingerprint density at radius 1 is 1.33 bits per heavy atom. The third kappa shape index (κ3) is 3.72. The van der Waals surface area contributed by atoms with E-state index in [1.807, 2.05) is 0 Å². The van der Waals surface area contributed by atoms with Crippen LogP contribution in [0.5, 0.6) is 5.88 Å². The predicted octanol–water partition coefficient (Wildman–Crippen LogP) is 4.83. The fraction of sp³-hybridized carbons (Fsp3) is 0.300. The minimum absolute atomic E-state index is 0.0882. The van der Waals surface area contributed by atoms with Crippen LogP contribution in [0.1, 0.15) is 43.4 Å². The third-order valence-corrected chi connectivity index (χ3v) is 4.78. The lowest BCUT2D eigenvalue weighted by Crippen LogP contribution is -2.25. The number of halogens is 3. The van der Waals surface area contributed by atoms with Crippen LogP contribution in [0.15, 0.2) is 41.7 Å². The molecule has 1 aliphatic heterocycles. The molecule has 1 unspecified atom stereocenters. The summed E-state index contributed by atoms with van der Waals surface area (Å²) in [6.45, 7) is 4.76. The van der Waals surface area contributed by atoms with E-state index in [2.05, 4.69) is 10.3 Å². The van der Waals surface area contributed by atoms with Crippen molar-refractivity contribution in [2.45, 2.75) is 32.9 Å². The number of fused-ring (bicyclic) bond motifs is 1. The van der Waals surface area contributed by atoms with Gasteiger partial charge >= 0.3 is 6.18 Å². The fourth-order valence-electron chi connectivity index (χ4n) is 3.66. The Kier molecular flexibility index (Phi) is 5.51. The molecule has 1 atom stereocenters. The number of benzene rings is 1. The molecule has 0 spiro atoms. The summed E-state index contributed by atoms with van der Waals surface area (Å²) in [7, 11) is 0. The zero-order valence-corrected chi connectivity index (χ0v) is 16.3. The number of hydrogen-bond acceptors (Lipinski definition) is 6. The number of ketones is 1. The molecule has 2 heterocycles. The number of nitrogens with one attached hydrogen (secondary N) is 1. The fourth-order valence-corrected chi connectivity index (χ4v) is 3.66. The molecule has 0 saturated heterocycles. The van der Waals surface area contributed by atoms with Gasteiger partial charge in [0.05, 0.1) is 17.1 Å². The number of pyridine rings is 1. The lowest BCUT2D eigenvalue weighted by Gasteiger charge is -2.32.